The van der Waals surface area contributed by atoms with Crippen LogP contribution in [0.4, 0.5) is 74.6 Å². The fraction of sp³-hybridized carbons (Fsp3) is 0.714. The van der Waals surface area contributed by atoms with Gasteiger partial charge in [0.25, 0.3) is 0 Å². The Bertz CT molecular complexity index is 1050. The van der Waals surface area contributed by atoms with Crippen LogP contribution in [0.2, 0.25) is 0 Å². The quantitative estimate of drug-likeness (QED) is 0.0764. The van der Waals surface area contributed by atoms with Gasteiger partial charge in [0, 0.05) is 17.6 Å². The van der Waals surface area contributed by atoms with Gasteiger partial charge in [0.2, 0.25) is 0 Å². The Morgan fingerprint density at radius 1 is 0.581 bits per heavy atom. The molecule has 5 nitrogen and oxygen atoms in total. The van der Waals surface area contributed by atoms with Crippen molar-refractivity contribution in [1.29, 1.82) is 0 Å². The van der Waals surface area contributed by atoms with Crippen molar-refractivity contribution in [2.24, 2.45) is 0 Å². The molecule has 0 aliphatic heterocycles. The number of hydrogen-bond donors (Lipinski definition) is 0. The maximum absolute atomic E-state index is 13.9. The molecule has 0 aliphatic rings. The summed E-state index contributed by atoms with van der Waals surface area (Å²) in [6.45, 7) is 4.42. The molecule has 252 valence electrons. The van der Waals surface area contributed by atoms with Crippen molar-refractivity contribution in [3.63, 3.8) is 0 Å². The summed E-state index contributed by atoms with van der Waals surface area (Å²) in [6, 6.07) is 0. The topological polar surface area (TPSA) is 61.8 Å². The van der Waals surface area contributed by atoms with Crippen LogP contribution in [-0.2, 0) is 23.8 Å². The van der Waals surface area contributed by atoms with E-state index in [1.807, 2.05) is 0 Å². The molecule has 0 amide bonds. The summed E-state index contributed by atoms with van der Waals surface area (Å²) in [5.74, 6) is -59.5. The van der Waals surface area contributed by atoms with E-state index in [2.05, 4.69) is 27.4 Å². The molecule has 0 aliphatic carbocycles. The van der Waals surface area contributed by atoms with Crippen molar-refractivity contribution in [2.45, 2.75) is 74.0 Å². The maximum Gasteiger partial charge on any atom is 0.460 e. The fourth-order valence-electron chi connectivity index (χ4n) is 2.43. The first-order chi connectivity index (χ1) is 18.8. The lowest BCUT2D eigenvalue weighted by Gasteiger charge is -2.42. The van der Waals surface area contributed by atoms with Crippen LogP contribution in [0, 0.1) is 0 Å². The molecule has 1 atom stereocenters. The number of halogens is 17. The van der Waals surface area contributed by atoms with Crippen molar-refractivity contribution in [1.82, 2.24) is 0 Å². The molecule has 0 spiro atoms. The predicted molar refractivity (Wildman–Crippen MR) is 107 cm³/mol. The lowest BCUT2D eigenvalue weighted by molar-refractivity contribution is -0.462. The molecule has 43 heavy (non-hydrogen) atoms. The molecule has 0 aromatic rings. The van der Waals surface area contributed by atoms with Crippen LogP contribution in [0.3, 0.4) is 0 Å². The smallest absolute Gasteiger partial charge is 0.458 e. The largest absolute Gasteiger partial charge is 0.460 e. The molecular formula is C21H19F17O5. The number of alkyl halides is 17. The van der Waals surface area contributed by atoms with Crippen molar-refractivity contribution >= 4 is 11.9 Å². The van der Waals surface area contributed by atoms with E-state index in [-0.39, 0.29) is 11.1 Å². The summed E-state index contributed by atoms with van der Waals surface area (Å²) in [5, 5.41) is 0. The summed E-state index contributed by atoms with van der Waals surface area (Å²) < 4.78 is 240. The van der Waals surface area contributed by atoms with E-state index in [4.69, 9.17) is 0 Å². The van der Waals surface area contributed by atoms with Crippen LogP contribution in [0.25, 0.3) is 0 Å². The van der Waals surface area contributed by atoms with Gasteiger partial charge in [-0.2, -0.15) is 74.6 Å². The zero-order valence-electron chi connectivity index (χ0n) is 21.3. The van der Waals surface area contributed by atoms with Gasteiger partial charge in [-0.3, -0.25) is 0 Å². The number of carbonyl (C=O) groups is 2. The zero-order chi connectivity index (χ0) is 34.8. The van der Waals surface area contributed by atoms with Gasteiger partial charge in [-0.1, -0.05) is 13.2 Å². The molecule has 0 N–H and O–H groups in total. The van der Waals surface area contributed by atoms with Gasteiger partial charge in [0.15, 0.2) is 6.10 Å². The molecule has 22 heteroatoms. The Labute approximate surface area is 229 Å². The average molecular weight is 674 g/mol. The van der Waals surface area contributed by atoms with Gasteiger partial charge in [-0.25, -0.2) is 9.59 Å². The number of hydrogen-bond acceptors (Lipinski definition) is 5. The highest BCUT2D eigenvalue weighted by atomic mass is 19.4. The van der Waals surface area contributed by atoms with Gasteiger partial charge in [-0.05, 0) is 13.8 Å². The van der Waals surface area contributed by atoms with E-state index >= 15 is 0 Å². The maximum atomic E-state index is 13.9. The second-order valence-corrected chi connectivity index (χ2v) is 8.66. The summed E-state index contributed by atoms with van der Waals surface area (Å²) in [6.07, 6.45) is -12.5. The van der Waals surface area contributed by atoms with Crippen LogP contribution in [0.15, 0.2) is 24.3 Å². The first-order valence-electron chi connectivity index (χ1n) is 10.8. The van der Waals surface area contributed by atoms with E-state index in [0.717, 1.165) is 13.8 Å². The summed E-state index contributed by atoms with van der Waals surface area (Å²) in [4.78, 5) is 23.0. The third-order valence-corrected chi connectivity index (χ3v) is 5.02. The average Bonchev–Trinajstić information content (AvgIpc) is 2.82. The molecule has 0 aromatic heterocycles. The Kier molecular flexibility index (Phi) is 11.8. The molecule has 0 heterocycles. The SMILES string of the molecule is C=C(C)C(=O)OCC(COCCC(F)(F)C(F)(F)C(F)(F)C(F)(F)C(F)(F)C(F)(F)C(F)(F)C(F)(F)F)OC(=O)C(=C)C. The van der Waals surface area contributed by atoms with Crippen LogP contribution in [0.1, 0.15) is 20.3 Å². The molecular weight excluding hydrogens is 655 g/mol. The minimum atomic E-state index is -8.72. The van der Waals surface area contributed by atoms with Crippen LogP contribution >= 0.6 is 0 Å². The summed E-state index contributed by atoms with van der Waals surface area (Å²) in [5.41, 5.74) is -0.545. The van der Waals surface area contributed by atoms with Crippen molar-refractivity contribution in [3.05, 3.63) is 24.3 Å². The lowest BCUT2D eigenvalue weighted by atomic mass is 9.88. The third-order valence-electron chi connectivity index (χ3n) is 5.02. The zero-order valence-corrected chi connectivity index (χ0v) is 21.3. The van der Waals surface area contributed by atoms with Crippen LogP contribution < -0.4 is 0 Å². The van der Waals surface area contributed by atoms with Gasteiger partial charge in [0.1, 0.15) is 6.61 Å². The van der Waals surface area contributed by atoms with Gasteiger partial charge < -0.3 is 14.2 Å². The standard InChI is InChI=1S/C21H19F17O5/c1-9(2)12(39)42-8-11(43-13(40)10(3)4)7-41-6-5-14(22,23)15(24,25)16(26,27)17(28,29)18(30,31)19(32,33)20(34,35)21(36,37)38/h11H,1,3,5-8H2,2,4H3. The van der Waals surface area contributed by atoms with Crippen LogP contribution in [-0.4, -0.2) is 85.5 Å². The summed E-state index contributed by atoms with van der Waals surface area (Å²) >= 11 is 0. The van der Waals surface area contributed by atoms with E-state index in [0.29, 0.717) is 0 Å². The highest BCUT2D eigenvalue weighted by Gasteiger charge is 2.95. The van der Waals surface area contributed by atoms with Gasteiger partial charge in [0.05, 0.1) is 13.2 Å². The molecule has 0 rings (SSSR count). The van der Waals surface area contributed by atoms with Crippen molar-refractivity contribution < 1.29 is 98.4 Å². The number of carbonyl (C=O) groups excluding carboxylic acids is 2. The van der Waals surface area contributed by atoms with Gasteiger partial charge in [-0.15, -0.1) is 0 Å². The molecule has 0 aromatic carbocycles. The third kappa shape index (κ3) is 7.47. The molecule has 0 radical (unpaired) electrons. The Morgan fingerprint density at radius 2 is 0.953 bits per heavy atom. The van der Waals surface area contributed by atoms with E-state index in [9.17, 15) is 84.2 Å². The number of esters is 2. The Hall–Kier alpha value is -2.81. The lowest BCUT2D eigenvalue weighted by Crippen LogP contribution is -2.74. The highest BCUT2D eigenvalue weighted by molar-refractivity contribution is 5.87. The summed E-state index contributed by atoms with van der Waals surface area (Å²) in [7, 11) is 0. The molecule has 0 bridgehead atoms. The molecule has 0 fully saturated rings. The minimum Gasteiger partial charge on any atom is -0.458 e. The first kappa shape index (κ1) is 40.2. The van der Waals surface area contributed by atoms with Crippen molar-refractivity contribution in [2.75, 3.05) is 19.8 Å². The normalized spacial score (nSPS) is 15.1. The van der Waals surface area contributed by atoms with Crippen molar-refractivity contribution in [3.8, 4) is 0 Å². The highest BCUT2D eigenvalue weighted by Crippen LogP contribution is 2.64. The molecule has 0 saturated heterocycles. The van der Waals surface area contributed by atoms with E-state index in [1.165, 1.54) is 0 Å². The first-order valence-corrected chi connectivity index (χ1v) is 10.8. The minimum absolute atomic E-state index is 0.226. The number of ether oxygens (including phenoxy) is 3. The monoisotopic (exact) mass is 674 g/mol. The second-order valence-electron chi connectivity index (χ2n) is 8.66. The second kappa shape index (κ2) is 12.7. The van der Waals surface area contributed by atoms with E-state index < -0.39 is 91.9 Å². The Morgan fingerprint density at radius 3 is 1.33 bits per heavy atom. The van der Waals surface area contributed by atoms with Crippen LogP contribution in [0.5, 0.6) is 0 Å². The predicted octanol–water partition coefficient (Wildman–Crippen LogP) is 7.01. The number of rotatable bonds is 16. The van der Waals surface area contributed by atoms with Gasteiger partial charge >= 0.3 is 59.6 Å². The molecule has 0 saturated carbocycles. The van der Waals surface area contributed by atoms with E-state index in [1.54, 1.807) is 0 Å². The fourth-order valence-corrected chi connectivity index (χ4v) is 2.43. The molecule has 1 unspecified atom stereocenters. The Balaban J connectivity index is 6.01.